The van der Waals surface area contributed by atoms with Crippen molar-refractivity contribution in [2.75, 3.05) is 6.16 Å². The van der Waals surface area contributed by atoms with Crippen molar-refractivity contribution in [3.05, 3.63) is 72.3 Å². The third-order valence-corrected chi connectivity index (χ3v) is 14.7. The van der Waals surface area contributed by atoms with Crippen molar-refractivity contribution >= 4 is 26.1 Å². The highest BCUT2D eigenvalue weighted by atomic mass is 31.2. The van der Waals surface area contributed by atoms with Gasteiger partial charge in [-0.3, -0.25) is 0 Å². The maximum Gasteiger partial charge on any atom is 0.192 e. The van der Waals surface area contributed by atoms with Gasteiger partial charge >= 0.3 is 0 Å². The van der Waals surface area contributed by atoms with Crippen LogP contribution in [0.15, 0.2) is 72.3 Å². The van der Waals surface area contributed by atoms with Gasteiger partial charge in [-0.2, -0.15) is 0 Å². The van der Waals surface area contributed by atoms with Crippen LogP contribution < -0.4 is 10.6 Å². The summed E-state index contributed by atoms with van der Waals surface area (Å²) >= 11 is 0. The van der Waals surface area contributed by atoms with Crippen LogP contribution in [0.3, 0.4) is 0 Å². The Bertz CT molecular complexity index is 885. The molecule has 3 rings (SSSR count). The zero-order chi connectivity index (χ0) is 22.7. The summed E-state index contributed by atoms with van der Waals surface area (Å²) in [7, 11) is -4.50. The molecule has 4 heteroatoms. The molecule has 0 heterocycles. The fourth-order valence-corrected chi connectivity index (χ4v) is 8.02. The van der Waals surface area contributed by atoms with Gasteiger partial charge in [0.2, 0.25) is 0 Å². The molecule has 2 nitrogen and oxygen atoms in total. The molecule has 2 aromatic rings. The van der Waals surface area contributed by atoms with Crippen molar-refractivity contribution in [3.8, 4) is 0 Å². The summed E-state index contributed by atoms with van der Waals surface area (Å²) in [5.41, 5.74) is 1.42. The van der Waals surface area contributed by atoms with Gasteiger partial charge in [0.15, 0.2) is 8.32 Å². The topological polar surface area (TPSA) is 26.3 Å². The van der Waals surface area contributed by atoms with E-state index in [-0.39, 0.29) is 11.1 Å². The van der Waals surface area contributed by atoms with Gasteiger partial charge in [-0.05, 0) is 43.3 Å². The molecule has 31 heavy (non-hydrogen) atoms. The molecule has 1 saturated carbocycles. The molecule has 1 aliphatic carbocycles. The molecule has 0 radical (unpaired) electrons. The van der Waals surface area contributed by atoms with E-state index < -0.39 is 15.5 Å². The molecule has 2 aromatic carbocycles. The summed E-state index contributed by atoms with van der Waals surface area (Å²) in [6.07, 6.45) is 6.39. The predicted octanol–water partition coefficient (Wildman–Crippen LogP) is 7.14. The quantitative estimate of drug-likeness (QED) is 0.263. The van der Waals surface area contributed by atoms with Gasteiger partial charge in [-0.25, -0.2) is 0 Å². The minimum Gasteiger partial charge on any atom is -0.414 e. The SMILES string of the molecule is C[C@H]1CC[C@H](O[Si](C)(C)C(C)(C)C)C/C1=C\CP(=O)(c1ccccc1)c1ccccc1. The molecular formula is C27H39O2PSi. The molecule has 0 bridgehead atoms. The Hall–Kier alpha value is -1.41. The second-order valence-corrected chi connectivity index (χ2v) is 18.2. The average Bonchev–Trinajstić information content (AvgIpc) is 2.74. The number of hydrogen-bond acceptors (Lipinski definition) is 2. The number of allylic oxidation sites excluding steroid dienone is 1. The first-order valence-corrected chi connectivity index (χ1v) is 16.4. The van der Waals surface area contributed by atoms with Crippen LogP contribution in [0.25, 0.3) is 0 Å². The Labute approximate surface area is 190 Å². The van der Waals surface area contributed by atoms with E-state index in [2.05, 4.69) is 46.9 Å². The number of benzene rings is 2. The minimum absolute atomic E-state index is 0.219. The monoisotopic (exact) mass is 454 g/mol. The predicted molar refractivity (Wildman–Crippen MR) is 138 cm³/mol. The van der Waals surface area contributed by atoms with Crippen LogP contribution in [0.4, 0.5) is 0 Å². The first-order valence-electron chi connectivity index (χ1n) is 11.6. The molecule has 0 aliphatic heterocycles. The molecule has 0 unspecified atom stereocenters. The summed E-state index contributed by atoms with van der Waals surface area (Å²) in [4.78, 5) is 0. The lowest BCUT2D eigenvalue weighted by Gasteiger charge is -2.41. The minimum atomic E-state index is -2.71. The van der Waals surface area contributed by atoms with E-state index in [0.717, 1.165) is 29.9 Å². The van der Waals surface area contributed by atoms with Crippen LogP contribution in [-0.4, -0.2) is 20.6 Å². The summed E-state index contributed by atoms with van der Waals surface area (Å²) < 4.78 is 21.1. The second kappa shape index (κ2) is 9.61. The van der Waals surface area contributed by atoms with Gasteiger partial charge in [-0.15, -0.1) is 0 Å². The van der Waals surface area contributed by atoms with Gasteiger partial charge in [0.05, 0.1) is 0 Å². The number of hydrogen-bond donors (Lipinski definition) is 0. The lowest BCUT2D eigenvalue weighted by atomic mass is 9.84. The summed E-state index contributed by atoms with van der Waals surface area (Å²) in [5, 5.41) is 2.10. The van der Waals surface area contributed by atoms with E-state index in [1.54, 1.807) is 0 Å². The molecular weight excluding hydrogens is 415 g/mol. The Balaban J connectivity index is 1.85. The van der Waals surface area contributed by atoms with E-state index in [1.165, 1.54) is 5.57 Å². The fourth-order valence-electron chi connectivity index (χ4n) is 4.11. The largest absolute Gasteiger partial charge is 0.414 e. The van der Waals surface area contributed by atoms with E-state index in [0.29, 0.717) is 12.1 Å². The van der Waals surface area contributed by atoms with Crippen LogP contribution in [0.1, 0.15) is 47.0 Å². The zero-order valence-electron chi connectivity index (χ0n) is 20.1. The molecule has 0 saturated heterocycles. The van der Waals surface area contributed by atoms with Crippen molar-refractivity contribution in [1.82, 2.24) is 0 Å². The van der Waals surface area contributed by atoms with Gasteiger partial charge in [-0.1, -0.05) is 100 Å². The summed E-state index contributed by atoms with van der Waals surface area (Å²) in [6, 6.07) is 20.0. The van der Waals surface area contributed by atoms with Crippen LogP contribution in [-0.2, 0) is 8.99 Å². The Morgan fingerprint density at radius 3 is 1.97 bits per heavy atom. The lowest BCUT2D eigenvalue weighted by Crippen LogP contribution is -2.44. The number of rotatable bonds is 6. The van der Waals surface area contributed by atoms with Gasteiger partial charge < -0.3 is 8.99 Å². The highest BCUT2D eigenvalue weighted by molar-refractivity contribution is 7.78. The van der Waals surface area contributed by atoms with Crippen LogP contribution in [0, 0.1) is 5.92 Å². The van der Waals surface area contributed by atoms with E-state index in [9.17, 15) is 4.57 Å². The van der Waals surface area contributed by atoms with Crippen LogP contribution in [0.2, 0.25) is 18.1 Å². The van der Waals surface area contributed by atoms with E-state index in [1.807, 2.05) is 60.7 Å². The maximum atomic E-state index is 14.3. The summed E-state index contributed by atoms with van der Waals surface area (Å²) in [6.45, 7) is 13.9. The normalized spacial score (nSPS) is 21.9. The van der Waals surface area contributed by atoms with E-state index >= 15 is 0 Å². The van der Waals surface area contributed by atoms with Crippen molar-refractivity contribution < 1.29 is 8.99 Å². The van der Waals surface area contributed by atoms with E-state index in [4.69, 9.17) is 4.43 Å². The Morgan fingerprint density at radius 1 is 0.968 bits per heavy atom. The molecule has 0 spiro atoms. The summed E-state index contributed by atoms with van der Waals surface area (Å²) in [5.74, 6) is 0.527. The highest BCUT2D eigenvalue weighted by Gasteiger charge is 2.40. The molecule has 0 amide bonds. The van der Waals surface area contributed by atoms with Crippen LogP contribution in [0.5, 0.6) is 0 Å². The van der Waals surface area contributed by atoms with Crippen molar-refractivity contribution in [1.29, 1.82) is 0 Å². The first-order chi connectivity index (χ1) is 14.5. The molecule has 1 aliphatic rings. The van der Waals surface area contributed by atoms with Crippen molar-refractivity contribution in [2.45, 2.75) is 71.2 Å². The smallest absolute Gasteiger partial charge is 0.192 e. The maximum absolute atomic E-state index is 14.3. The molecule has 0 aromatic heterocycles. The molecule has 2 atom stereocenters. The first kappa shape index (κ1) is 24.2. The van der Waals surface area contributed by atoms with Gasteiger partial charge in [0.1, 0.15) is 7.14 Å². The second-order valence-electron chi connectivity index (χ2n) is 10.6. The van der Waals surface area contributed by atoms with Crippen molar-refractivity contribution in [2.24, 2.45) is 5.92 Å². The third-order valence-electron chi connectivity index (χ3n) is 7.24. The molecule has 0 N–H and O–H groups in total. The Kier molecular flexibility index (Phi) is 7.51. The highest BCUT2D eigenvalue weighted by Crippen LogP contribution is 2.45. The van der Waals surface area contributed by atoms with Crippen molar-refractivity contribution in [3.63, 3.8) is 0 Å². The standard InChI is InChI=1S/C27H39O2PSi/c1-22-17-18-24(29-31(5,6)27(2,3)4)21-23(22)19-20-30(28,25-13-9-7-10-14-25)26-15-11-8-12-16-26/h7-16,19,22,24H,17-18,20-21H2,1-6H3/b23-19+/t22-,24-/m0/s1. The van der Waals surface area contributed by atoms with Crippen LogP contribution >= 0.6 is 7.14 Å². The molecule has 168 valence electrons. The van der Waals surface area contributed by atoms with Gasteiger partial charge in [0, 0.05) is 22.9 Å². The third kappa shape index (κ3) is 5.69. The van der Waals surface area contributed by atoms with Gasteiger partial charge in [0.25, 0.3) is 0 Å². The fraction of sp³-hybridized carbons (Fsp3) is 0.481. The Morgan fingerprint density at radius 2 is 1.48 bits per heavy atom. The molecule has 1 fully saturated rings. The average molecular weight is 455 g/mol. The zero-order valence-corrected chi connectivity index (χ0v) is 22.0. The lowest BCUT2D eigenvalue weighted by molar-refractivity contribution is 0.145.